The molecule has 0 spiro atoms. The zero-order chi connectivity index (χ0) is 12.4. The van der Waals surface area contributed by atoms with E-state index in [1.54, 1.807) is 0 Å². The molecule has 17 heavy (non-hydrogen) atoms. The Morgan fingerprint density at radius 3 is 2.71 bits per heavy atom. The van der Waals surface area contributed by atoms with Gasteiger partial charge >= 0.3 is 0 Å². The van der Waals surface area contributed by atoms with Gasteiger partial charge in [0.2, 0.25) is 0 Å². The maximum Gasteiger partial charge on any atom is 0.172 e. The lowest BCUT2D eigenvalue weighted by Gasteiger charge is -1.96. The number of hydrogen-bond donors (Lipinski definition) is 0. The quantitative estimate of drug-likeness (QED) is 0.616. The summed E-state index contributed by atoms with van der Waals surface area (Å²) in [5.74, 6) is -0.122. The number of rotatable bonds is 3. The van der Waals surface area contributed by atoms with Crippen molar-refractivity contribution >= 4 is 23.4 Å². The van der Waals surface area contributed by atoms with E-state index < -0.39 is 0 Å². The second-order valence-electron chi connectivity index (χ2n) is 3.78. The van der Waals surface area contributed by atoms with Crippen molar-refractivity contribution in [2.75, 3.05) is 0 Å². The predicted molar refractivity (Wildman–Crippen MR) is 67.7 cm³/mol. The van der Waals surface area contributed by atoms with Crippen molar-refractivity contribution < 1.29 is 9.59 Å². The van der Waals surface area contributed by atoms with Crippen molar-refractivity contribution in [2.24, 2.45) is 0 Å². The number of thiazole rings is 1. The highest BCUT2D eigenvalue weighted by atomic mass is 32.1. The Kier molecular flexibility index (Phi) is 3.15. The topological polar surface area (TPSA) is 47.0 Å². The van der Waals surface area contributed by atoms with Crippen LogP contribution < -0.4 is 0 Å². The molecule has 0 N–H and O–H groups in total. The standard InChI is InChI=1S/C13H11NO2S/c1-8-4-3-5-10(6-8)13-14-11(7-15)12(17-13)9(2)16/h3-7H,1-2H3. The zero-order valence-corrected chi connectivity index (χ0v) is 10.4. The molecular formula is C13H11NO2S. The minimum atomic E-state index is -0.122. The molecule has 1 aromatic heterocycles. The third kappa shape index (κ3) is 2.31. The summed E-state index contributed by atoms with van der Waals surface area (Å²) in [6, 6.07) is 7.82. The number of nitrogens with zero attached hydrogens (tertiary/aromatic N) is 1. The molecule has 0 unspecified atom stereocenters. The van der Waals surface area contributed by atoms with Crippen molar-refractivity contribution in [3.63, 3.8) is 0 Å². The number of ketones is 1. The van der Waals surface area contributed by atoms with Crippen LogP contribution in [0.1, 0.15) is 32.6 Å². The second-order valence-corrected chi connectivity index (χ2v) is 4.78. The molecule has 0 saturated heterocycles. The van der Waals surface area contributed by atoms with Gasteiger partial charge in [0.05, 0.1) is 0 Å². The van der Waals surface area contributed by atoms with E-state index in [4.69, 9.17) is 0 Å². The highest BCUT2D eigenvalue weighted by Crippen LogP contribution is 2.28. The zero-order valence-electron chi connectivity index (χ0n) is 9.56. The van der Waals surface area contributed by atoms with Gasteiger partial charge in [0, 0.05) is 12.5 Å². The van der Waals surface area contributed by atoms with Gasteiger partial charge < -0.3 is 0 Å². The largest absolute Gasteiger partial charge is 0.296 e. The minimum Gasteiger partial charge on any atom is -0.296 e. The van der Waals surface area contributed by atoms with Gasteiger partial charge in [-0.1, -0.05) is 23.8 Å². The Morgan fingerprint density at radius 2 is 2.18 bits per heavy atom. The molecule has 1 aromatic carbocycles. The van der Waals surface area contributed by atoms with E-state index in [0.717, 1.165) is 11.1 Å². The maximum absolute atomic E-state index is 11.3. The van der Waals surface area contributed by atoms with E-state index in [0.29, 0.717) is 16.2 Å². The van der Waals surface area contributed by atoms with Crippen LogP contribution in [0.25, 0.3) is 10.6 Å². The molecule has 2 rings (SSSR count). The van der Waals surface area contributed by atoms with Crippen LogP contribution in [0.3, 0.4) is 0 Å². The maximum atomic E-state index is 11.3. The lowest BCUT2D eigenvalue weighted by molar-refractivity contribution is 0.101. The number of Topliss-reactive ketones (excluding diaryl/α,β-unsaturated/α-hetero) is 1. The fourth-order valence-corrected chi connectivity index (χ4v) is 2.49. The van der Waals surface area contributed by atoms with Crippen molar-refractivity contribution in [3.05, 3.63) is 40.4 Å². The fraction of sp³-hybridized carbons (Fsp3) is 0.154. The molecular weight excluding hydrogens is 234 g/mol. The minimum absolute atomic E-state index is 0.122. The summed E-state index contributed by atoms with van der Waals surface area (Å²) in [7, 11) is 0. The lowest BCUT2D eigenvalue weighted by atomic mass is 10.1. The highest BCUT2D eigenvalue weighted by Gasteiger charge is 2.15. The first-order valence-electron chi connectivity index (χ1n) is 5.16. The molecule has 0 aliphatic carbocycles. The van der Waals surface area contributed by atoms with Gasteiger partial charge in [0.15, 0.2) is 12.1 Å². The summed E-state index contributed by atoms with van der Waals surface area (Å²) >= 11 is 1.26. The smallest absolute Gasteiger partial charge is 0.172 e. The number of hydrogen-bond acceptors (Lipinski definition) is 4. The van der Waals surface area contributed by atoms with E-state index >= 15 is 0 Å². The third-order valence-corrected chi connectivity index (χ3v) is 3.57. The van der Waals surface area contributed by atoms with Crippen LogP contribution in [0.4, 0.5) is 0 Å². The summed E-state index contributed by atoms with van der Waals surface area (Å²) in [6.07, 6.45) is 0.631. The molecule has 0 fully saturated rings. The van der Waals surface area contributed by atoms with Crippen LogP contribution in [-0.4, -0.2) is 17.1 Å². The van der Waals surface area contributed by atoms with E-state index in [1.165, 1.54) is 18.3 Å². The first-order valence-corrected chi connectivity index (χ1v) is 5.97. The second kappa shape index (κ2) is 4.59. The fourth-order valence-electron chi connectivity index (χ4n) is 1.57. The Balaban J connectivity index is 2.54. The van der Waals surface area contributed by atoms with Gasteiger partial charge in [-0.15, -0.1) is 11.3 Å². The average Bonchev–Trinajstić information content (AvgIpc) is 2.73. The van der Waals surface area contributed by atoms with Crippen LogP contribution >= 0.6 is 11.3 Å². The number of aldehydes is 1. The SMILES string of the molecule is CC(=O)c1sc(-c2cccc(C)c2)nc1C=O. The molecule has 2 aromatic rings. The number of aryl methyl sites for hydroxylation is 1. The molecule has 4 heteroatoms. The van der Waals surface area contributed by atoms with Gasteiger partial charge in [-0.05, 0) is 13.0 Å². The number of carbonyl (C=O) groups is 2. The molecule has 0 atom stereocenters. The summed E-state index contributed by atoms with van der Waals surface area (Å²) in [4.78, 5) is 26.8. The number of carbonyl (C=O) groups excluding carboxylic acids is 2. The summed E-state index contributed by atoms with van der Waals surface area (Å²) in [5.41, 5.74) is 2.29. The summed E-state index contributed by atoms with van der Waals surface area (Å²) in [5, 5.41) is 0.709. The van der Waals surface area contributed by atoms with Crippen LogP contribution in [0.15, 0.2) is 24.3 Å². The van der Waals surface area contributed by atoms with E-state index in [1.807, 2.05) is 31.2 Å². The van der Waals surface area contributed by atoms with E-state index in [9.17, 15) is 9.59 Å². The monoisotopic (exact) mass is 245 g/mol. The lowest BCUT2D eigenvalue weighted by Crippen LogP contribution is -1.93. The van der Waals surface area contributed by atoms with Gasteiger partial charge in [0.1, 0.15) is 15.6 Å². The summed E-state index contributed by atoms with van der Waals surface area (Å²) in [6.45, 7) is 3.43. The van der Waals surface area contributed by atoms with Crippen molar-refractivity contribution in [1.82, 2.24) is 4.98 Å². The first-order chi connectivity index (χ1) is 8.11. The molecule has 0 bridgehead atoms. The van der Waals surface area contributed by atoms with Gasteiger partial charge in [0.25, 0.3) is 0 Å². The molecule has 0 aliphatic heterocycles. The normalized spacial score (nSPS) is 10.2. The molecule has 86 valence electrons. The molecule has 0 aliphatic rings. The molecule has 0 amide bonds. The Labute approximate surface area is 103 Å². The number of benzene rings is 1. The van der Waals surface area contributed by atoms with E-state index in [2.05, 4.69) is 4.98 Å². The molecule has 0 radical (unpaired) electrons. The Hall–Kier alpha value is -1.81. The first kappa shape index (κ1) is 11.7. The van der Waals surface area contributed by atoms with Crippen LogP contribution in [0, 0.1) is 6.92 Å². The van der Waals surface area contributed by atoms with Crippen molar-refractivity contribution in [2.45, 2.75) is 13.8 Å². The van der Waals surface area contributed by atoms with Crippen LogP contribution in [0.2, 0.25) is 0 Å². The van der Waals surface area contributed by atoms with Crippen molar-refractivity contribution in [3.8, 4) is 10.6 Å². The number of aromatic nitrogens is 1. The third-order valence-electron chi connectivity index (χ3n) is 2.35. The van der Waals surface area contributed by atoms with Gasteiger partial charge in [-0.2, -0.15) is 0 Å². The van der Waals surface area contributed by atoms with Gasteiger partial charge in [-0.25, -0.2) is 4.98 Å². The molecule has 1 heterocycles. The van der Waals surface area contributed by atoms with Gasteiger partial charge in [-0.3, -0.25) is 9.59 Å². The van der Waals surface area contributed by atoms with Crippen LogP contribution in [0.5, 0.6) is 0 Å². The predicted octanol–water partition coefficient (Wildman–Crippen LogP) is 3.13. The Bertz CT molecular complexity index is 587. The highest BCUT2D eigenvalue weighted by molar-refractivity contribution is 7.17. The molecule has 0 saturated carbocycles. The average molecular weight is 245 g/mol. The van der Waals surface area contributed by atoms with Crippen molar-refractivity contribution in [1.29, 1.82) is 0 Å². The summed E-state index contributed by atoms with van der Waals surface area (Å²) < 4.78 is 0. The molecule has 3 nitrogen and oxygen atoms in total. The van der Waals surface area contributed by atoms with E-state index in [-0.39, 0.29) is 11.5 Å². The Morgan fingerprint density at radius 1 is 1.41 bits per heavy atom. The van der Waals surface area contributed by atoms with Crippen LogP contribution in [-0.2, 0) is 0 Å².